The fourth-order valence-electron chi connectivity index (χ4n) is 3.34. The van der Waals surface area contributed by atoms with E-state index >= 15 is 0 Å². The number of ether oxygens (including phenoxy) is 3. The van der Waals surface area contributed by atoms with Crippen LogP contribution in [-0.4, -0.2) is 39.2 Å². The highest BCUT2D eigenvalue weighted by atomic mass is 35.5. The van der Waals surface area contributed by atoms with Crippen molar-refractivity contribution in [1.82, 2.24) is 5.32 Å². The highest BCUT2D eigenvalue weighted by molar-refractivity contribution is 6.30. The lowest BCUT2D eigenvalue weighted by atomic mass is 10.1. The Morgan fingerprint density at radius 3 is 2.43 bits per heavy atom. The van der Waals surface area contributed by atoms with Gasteiger partial charge in [-0.2, -0.15) is 5.26 Å². The van der Waals surface area contributed by atoms with E-state index in [2.05, 4.69) is 10.6 Å². The molecule has 9 heteroatoms. The van der Waals surface area contributed by atoms with E-state index in [0.717, 1.165) is 5.56 Å². The van der Waals surface area contributed by atoms with Crippen molar-refractivity contribution in [3.8, 4) is 23.3 Å². The smallest absolute Gasteiger partial charge is 0.262 e. The van der Waals surface area contributed by atoms with Gasteiger partial charge in [-0.3, -0.25) is 9.59 Å². The normalized spacial score (nSPS) is 10.7. The van der Waals surface area contributed by atoms with Crippen LogP contribution in [0.25, 0.3) is 6.08 Å². The summed E-state index contributed by atoms with van der Waals surface area (Å²) in [6, 6.07) is 21.0. The van der Waals surface area contributed by atoms with Crippen LogP contribution in [0.15, 0.2) is 72.3 Å². The number of nitrogens with zero attached hydrogens (tertiary/aromatic N) is 1. The molecule has 0 bridgehead atoms. The maximum absolute atomic E-state index is 12.5. The molecule has 37 heavy (non-hydrogen) atoms. The van der Waals surface area contributed by atoms with Crippen molar-refractivity contribution in [3.05, 3.63) is 88.5 Å². The first kappa shape index (κ1) is 27.1. The van der Waals surface area contributed by atoms with Gasteiger partial charge in [0, 0.05) is 17.3 Å². The largest absolute Gasteiger partial charge is 0.493 e. The monoisotopic (exact) mass is 519 g/mol. The molecular weight excluding hydrogens is 494 g/mol. The van der Waals surface area contributed by atoms with Crippen LogP contribution >= 0.6 is 11.6 Å². The molecule has 0 spiro atoms. The fourth-order valence-corrected chi connectivity index (χ4v) is 3.53. The summed E-state index contributed by atoms with van der Waals surface area (Å²) in [6.45, 7) is 0.158. The number of nitrogens with one attached hydrogen (secondary N) is 2. The van der Waals surface area contributed by atoms with Gasteiger partial charge < -0.3 is 24.8 Å². The minimum absolute atomic E-state index is 0.0260. The van der Waals surface area contributed by atoms with Crippen molar-refractivity contribution in [2.75, 3.05) is 32.7 Å². The zero-order valence-electron chi connectivity index (χ0n) is 20.4. The average molecular weight is 520 g/mol. The van der Waals surface area contributed by atoms with Crippen molar-refractivity contribution in [2.24, 2.45) is 0 Å². The van der Waals surface area contributed by atoms with E-state index < -0.39 is 5.91 Å². The quantitative estimate of drug-likeness (QED) is 0.282. The van der Waals surface area contributed by atoms with Gasteiger partial charge in [0.25, 0.3) is 11.8 Å². The van der Waals surface area contributed by atoms with E-state index in [1.54, 1.807) is 68.8 Å². The molecular formula is C28H26ClN3O5. The number of halogens is 1. The molecule has 0 unspecified atom stereocenters. The molecule has 0 heterocycles. The van der Waals surface area contributed by atoms with Gasteiger partial charge >= 0.3 is 0 Å². The fraction of sp³-hybridized carbons (Fsp3) is 0.179. The zero-order chi connectivity index (χ0) is 26.6. The Kier molecular flexibility index (Phi) is 9.94. The Morgan fingerprint density at radius 1 is 1.00 bits per heavy atom. The molecule has 0 aromatic heterocycles. The van der Waals surface area contributed by atoms with Gasteiger partial charge in [0.2, 0.25) is 0 Å². The third-order valence-electron chi connectivity index (χ3n) is 5.18. The van der Waals surface area contributed by atoms with Gasteiger partial charge in [-0.05, 0) is 66.1 Å². The molecule has 3 aromatic carbocycles. The molecule has 0 fully saturated rings. The zero-order valence-corrected chi connectivity index (χ0v) is 21.2. The Morgan fingerprint density at radius 2 is 1.76 bits per heavy atom. The summed E-state index contributed by atoms with van der Waals surface area (Å²) in [5.74, 6) is 0.903. The number of carbonyl (C=O) groups is 2. The highest BCUT2D eigenvalue weighted by Gasteiger charge is 2.10. The maximum atomic E-state index is 12.5. The summed E-state index contributed by atoms with van der Waals surface area (Å²) in [7, 11) is 3.13. The van der Waals surface area contributed by atoms with Crippen molar-refractivity contribution in [3.63, 3.8) is 0 Å². The summed E-state index contributed by atoms with van der Waals surface area (Å²) in [5, 5.41) is 15.4. The molecule has 0 saturated carbocycles. The molecule has 2 amide bonds. The van der Waals surface area contributed by atoms with Gasteiger partial charge in [-0.1, -0.05) is 35.9 Å². The van der Waals surface area contributed by atoms with Gasteiger partial charge in [-0.15, -0.1) is 0 Å². The molecule has 2 N–H and O–H groups in total. The number of nitriles is 1. The summed E-state index contributed by atoms with van der Waals surface area (Å²) < 4.78 is 16.0. The topological polar surface area (TPSA) is 110 Å². The van der Waals surface area contributed by atoms with Crippen LogP contribution in [-0.2, 0) is 16.0 Å². The van der Waals surface area contributed by atoms with Crippen LogP contribution < -0.4 is 24.8 Å². The van der Waals surface area contributed by atoms with Crippen LogP contribution in [0.2, 0.25) is 5.02 Å². The number of methoxy groups -OCH3 is 2. The second kappa shape index (κ2) is 13.6. The second-order valence-electron chi connectivity index (χ2n) is 7.78. The first-order valence-corrected chi connectivity index (χ1v) is 11.7. The number of benzene rings is 3. The number of hydrogen-bond acceptors (Lipinski definition) is 6. The molecule has 3 aromatic rings. The third-order valence-corrected chi connectivity index (χ3v) is 5.42. The van der Waals surface area contributed by atoms with Crippen LogP contribution in [0, 0.1) is 11.3 Å². The van der Waals surface area contributed by atoms with E-state index in [0.29, 0.717) is 46.5 Å². The Labute approximate surface area is 220 Å². The predicted octanol–water partition coefficient (Wildman–Crippen LogP) is 4.64. The Hall–Kier alpha value is -4.48. The van der Waals surface area contributed by atoms with Crippen molar-refractivity contribution in [1.29, 1.82) is 5.26 Å². The van der Waals surface area contributed by atoms with E-state index in [9.17, 15) is 14.9 Å². The van der Waals surface area contributed by atoms with Gasteiger partial charge in [0.1, 0.15) is 17.4 Å². The molecule has 0 atom stereocenters. The Balaban J connectivity index is 1.50. The molecule has 0 aliphatic carbocycles. The number of amides is 2. The minimum Gasteiger partial charge on any atom is -0.493 e. The first-order valence-electron chi connectivity index (χ1n) is 11.3. The second-order valence-corrected chi connectivity index (χ2v) is 8.22. The summed E-state index contributed by atoms with van der Waals surface area (Å²) in [5.41, 5.74) is 2.15. The number of carbonyl (C=O) groups excluding carboxylic acids is 2. The predicted molar refractivity (Wildman–Crippen MR) is 142 cm³/mol. The highest BCUT2D eigenvalue weighted by Crippen LogP contribution is 2.27. The molecule has 190 valence electrons. The van der Waals surface area contributed by atoms with Gasteiger partial charge in [-0.25, -0.2) is 0 Å². The van der Waals surface area contributed by atoms with E-state index in [4.69, 9.17) is 25.8 Å². The molecule has 8 nitrogen and oxygen atoms in total. The maximum Gasteiger partial charge on any atom is 0.262 e. The van der Waals surface area contributed by atoms with E-state index in [1.165, 1.54) is 6.08 Å². The summed E-state index contributed by atoms with van der Waals surface area (Å²) >= 11 is 5.91. The van der Waals surface area contributed by atoms with Crippen LogP contribution in [0.3, 0.4) is 0 Å². The van der Waals surface area contributed by atoms with Crippen LogP contribution in [0.4, 0.5) is 5.69 Å². The van der Waals surface area contributed by atoms with Crippen molar-refractivity contribution < 1.29 is 23.8 Å². The molecule has 0 saturated heterocycles. The minimum atomic E-state index is -0.471. The lowest BCUT2D eigenvalue weighted by molar-refractivity contribution is -0.118. The van der Waals surface area contributed by atoms with Crippen LogP contribution in [0.5, 0.6) is 17.2 Å². The van der Waals surface area contributed by atoms with E-state index in [1.807, 2.05) is 18.2 Å². The number of rotatable bonds is 11. The first-order chi connectivity index (χ1) is 17.9. The SMILES string of the molecule is COc1ccc(CCNC(=O)/C(C#N)=C/c2ccc(OCC(=O)Nc3cccc(Cl)c3)cc2)cc1OC. The summed E-state index contributed by atoms with van der Waals surface area (Å²) in [6.07, 6.45) is 2.04. The third kappa shape index (κ3) is 8.30. The van der Waals surface area contributed by atoms with Crippen molar-refractivity contribution in [2.45, 2.75) is 6.42 Å². The standard InChI is InChI=1S/C28H26ClN3O5/c1-35-25-11-8-20(15-26(25)36-2)12-13-31-28(34)21(17-30)14-19-6-9-24(10-7-19)37-18-27(33)32-23-5-3-4-22(29)16-23/h3-11,14-16H,12-13,18H2,1-2H3,(H,31,34)(H,32,33)/b21-14+. The molecule has 3 rings (SSSR count). The summed E-state index contributed by atoms with van der Waals surface area (Å²) in [4.78, 5) is 24.6. The lowest BCUT2D eigenvalue weighted by Gasteiger charge is -2.10. The van der Waals surface area contributed by atoms with Crippen LogP contribution in [0.1, 0.15) is 11.1 Å². The van der Waals surface area contributed by atoms with E-state index in [-0.39, 0.29) is 18.1 Å². The molecule has 0 aliphatic heterocycles. The number of anilines is 1. The van der Waals surface area contributed by atoms with Gasteiger partial charge in [0.15, 0.2) is 18.1 Å². The molecule has 0 radical (unpaired) electrons. The lowest BCUT2D eigenvalue weighted by Crippen LogP contribution is -2.26. The Bertz CT molecular complexity index is 1320. The average Bonchev–Trinajstić information content (AvgIpc) is 2.91. The van der Waals surface area contributed by atoms with Gasteiger partial charge in [0.05, 0.1) is 14.2 Å². The molecule has 0 aliphatic rings. The number of hydrogen-bond donors (Lipinski definition) is 2. The van der Waals surface area contributed by atoms with Crippen molar-refractivity contribution >= 4 is 35.2 Å².